The molecular formula is C38H32F2N6O3S. The fraction of sp³-hybridized carbons (Fsp3) is 0.289. The maximum Gasteiger partial charge on any atom is 0.257 e. The number of nitrogens with one attached hydrogen (secondary N) is 1. The molecule has 2 aromatic carbocycles. The topological polar surface area (TPSA) is 106 Å². The number of aromatic nitrogens is 4. The number of amides is 1. The van der Waals surface area contributed by atoms with E-state index in [0.29, 0.717) is 53.9 Å². The Morgan fingerprint density at radius 1 is 1.02 bits per heavy atom. The minimum Gasteiger partial charge on any atom is -0.496 e. The first-order chi connectivity index (χ1) is 24.4. The number of anilines is 1. The Kier molecular flexibility index (Phi) is 7.38. The smallest absolute Gasteiger partial charge is 0.257 e. The molecule has 2 atom stereocenters. The van der Waals surface area contributed by atoms with E-state index in [-0.39, 0.29) is 29.6 Å². The fourth-order valence-corrected chi connectivity index (χ4v) is 9.03. The van der Waals surface area contributed by atoms with Crippen LogP contribution in [0.15, 0.2) is 59.1 Å². The number of hydrogen-bond acceptors (Lipinski definition) is 9. The van der Waals surface area contributed by atoms with Gasteiger partial charge in [-0.2, -0.15) is 0 Å². The first kappa shape index (κ1) is 30.8. The van der Waals surface area contributed by atoms with Crippen molar-refractivity contribution in [2.24, 2.45) is 0 Å². The minimum absolute atomic E-state index is 0.0416. The molecule has 6 aromatic rings. The van der Waals surface area contributed by atoms with E-state index in [2.05, 4.69) is 21.6 Å². The second kappa shape index (κ2) is 12.0. The number of benzene rings is 2. The van der Waals surface area contributed by atoms with Gasteiger partial charge in [0.05, 0.1) is 46.4 Å². The van der Waals surface area contributed by atoms with E-state index >= 15 is 0 Å². The number of carbonyl (C=O) groups is 1. The van der Waals surface area contributed by atoms with Crippen molar-refractivity contribution in [3.63, 3.8) is 0 Å². The number of methoxy groups -OCH3 is 1. The molecule has 1 fully saturated rings. The number of fused-ring (bicyclic) bond motifs is 5. The molecule has 9 nitrogen and oxygen atoms in total. The highest BCUT2D eigenvalue weighted by atomic mass is 32.1. The molecule has 0 bridgehead atoms. The highest BCUT2D eigenvalue weighted by Crippen LogP contribution is 2.51. The van der Waals surface area contributed by atoms with Crippen LogP contribution in [0.1, 0.15) is 75.7 Å². The van der Waals surface area contributed by atoms with E-state index in [1.165, 1.54) is 29.5 Å². The first-order valence-corrected chi connectivity index (χ1v) is 17.6. The molecule has 1 N–H and O–H groups in total. The van der Waals surface area contributed by atoms with Crippen LogP contribution in [0.25, 0.3) is 32.0 Å². The molecule has 9 rings (SSSR count). The zero-order valence-corrected chi connectivity index (χ0v) is 28.2. The Morgan fingerprint density at radius 3 is 2.68 bits per heavy atom. The summed E-state index contributed by atoms with van der Waals surface area (Å²) in [6, 6.07) is 13.3. The zero-order valence-electron chi connectivity index (χ0n) is 27.4. The second-order valence-corrected chi connectivity index (χ2v) is 14.1. The van der Waals surface area contributed by atoms with Gasteiger partial charge in [-0.3, -0.25) is 9.78 Å². The average Bonchev–Trinajstić information content (AvgIpc) is 3.95. The van der Waals surface area contributed by atoms with Crippen LogP contribution < -0.4 is 10.1 Å². The van der Waals surface area contributed by atoms with E-state index in [9.17, 15) is 13.6 Å². The number of thiophene rings is 1. The van der Waals surface area contributed by atoms with Crippen LogP contribution in [0.3, 0.4) is 0 Å². The lowest BCUT2D eigenvalue weighted by atomic mass is 9.93. The summed E-state index contributed by atoms with van der Waals surface area (Å²) in [6.07, 6.45) is 6.19. The van der Waals surface area contributed by atoms with Crippen molar-refractivity contribution >= 4 is 33.1 Å². The molecule has 1 saturated heterocycles. The van der Waals surface area contributed by atoms with Crippen molar-refractivity contribution in [3.8, 4) is 27.6 Å². The molecule has 3 aliphatic rings. The monoisotopic (exact) mass is 690 g/mol. The van der Waals surface area contributed by atoms with Gasteiger partial charge in [-0.1, -0.05) is 12.1 Å². The Labute approximate surface area is 290 Å². The maximum absolute atomic E-state index is 14.6. The summed E-state index contributed by atoms with van der Waals surface area (Å²) < 4.78 is 40.8. The highest BCUT2D eigenvalue weighted by molar-refractivity contribution is 7.23. The van der Waals surface area contributed by atoms with Gasteiger partial charge in [0.2, 0.25) is 11.8 Å². The number of carbonyl (C=O) groups excluding carboxylic acids is 1. The van der Waals surface area contributed by atoms with Gasteiger partial charge in [-0.05, 0) is 90.9 Å². The molecule has 1 amide bonds. The van der Waals surface area contributed by atoms with Gasteiger partial charge in [-0.15, -0.1) is 21.5 Å². The molecule has 0 radical (unpaired) electrons. The summed E-state index contributed by atoms with van der Waals surface area (Å²) in [5.41, 5.74) is 6.33. The molecule has 12 heteroatoms. The molecule has 6 heterocycles. The van der Waals surface area contributed by atoms with Crippen LogP contribution in [0.4, 0.5) is 14.6 Å². The molecule has 2 aliphatic heterocycles. The Balaban J connectivity index is 1.20. The lowest BCUT2D eigenvalue weighted by molar-refractivity contribution is 0.0776. The van der Waals surface area contributed by atoms with Crippen molar-refractivity contribution in [3.05, 3.63) is 106 Å². The largest absolute Gasteiger partial charge is 0.496 e. The van der Waals surface area contributed by atoms with Crippen molar-refractivity contribution in [2.75, 3.05) is 19.0 Å². The van der Waals surface area contributed by atoms with Gasteiger partial charge < -0.3 is 19.4 Å². The van der Waals surface area contributed by atoms with Crippen LogP contribution >= 0.6 is 11.3 Å². The third-order valence-electron chi connectivity index (χ3n) is 10.1. The standard InChI is InChI=1S/C38H32F2N6O3S/c1-19-44-45-37(49-19)31-27(11-7-20-5-8-22(39)9-6-20)42-34-28-4-3-15-46(28)38(47)33(34)32(31)30-16-21-13-14-41-36(35(21)50-30)43-26-12-10-24-25(26)17-23(40)18-29(24)48-2/h5-6,8-9,13-14,16-18,26,28H,3-4,7,10-12,15H2,1-2H3,(H,41,43)/t26-,28+/m0/s1. The fourth-order valence-electron chi connectivity index (χ4n) is 7.86. The van der Waals surface area contributed by atoms with E-state index in [4.69, 9.17) is 19.1 Å². The first-order valence-electron chi connectivity index (χ1n) is 16.8. The van der Waals surface area contributed by atoms with Gasteiger partial charge in [0.1, 0.15) is 23.2 Å². The number of ether oxygens (including phenoxy) is 1. The quantitative estimate of drug-likeness (QED) is 0.171. The highest BCUT2D eigenvalue weighted by Gasteiger charge is 2.45. The Hall–Kier alpha value is -5.23. The van der Waals surface area contributed by atoms with Gasteiger partial charge in [0.25, 0.3) is 5.91 Å². The van der Waals surface area contributed by atoms with E-state index < -0.39 is 0 Å². The number of aryl methyl sites for hydroxylation is 3. The number of rotatable bonds is 8. The molecule has 50 heavy (non-hydrogen) atoms. The Bertz CT molecular complexity index is 2320. The zero-order chi connectivity index (χ0) is 34.1. The normalized spacial score (nSPS) is 17.8. The predicted octanol–water partition coefficient (Wildman–Crippen LogP) is 8.18. The number of halogens is 2. The van der Waals surface area contributed by atoms with Crippen molar-refractivity contribution in [1.82, 2.24) is 25.1 Å². The summed E-state index contributed by atoms with van der Waals surface area (Å²) in [5.74, 6) is 1.28. The number of pyridine rings is 2. The average molecular weight is 691 g/mol. The Morgan fingerprint density at radius 2 is 1.88 bits per heavy atom. The van der Waals surface area contributed by atoms with Crippen LogP contribution in [-0.2, 0) is 19.3 Å². The molecular weight excluding hydrogens is 659 g/mol. The summed E-state index contributed by atoms with van der Waals surface area (Å²) in [5, 5.41) is 13.2. The molecule has 0 spiro atoms. The second-order valence-electron chi connectivity index (χ2n) is 13.1. The SMILES string of the molecule is COc1cc(F)cc2c1CC[C@@H]2Nc1nccc2cc(-c3c4c(nc(CCc5ccc(F)cc5)c3-c3nnc(C)o3)[C@H]3CCCN3C4=O)sc12. The molecule has 4 aromatic heterocycles. The summed E-state index contributed by atoms with van der Waals surface area (Å²) >= 11 is 1.54. The van der Waals surface area contributed by atoms with Crippen LogP contribution in [0.2, 0.25) is 0 Å². The van der Waals surface area contributed by atoms with Crippen LogP contribution in [0, 0.1) is 18.6 Å². The maximum atomic E-state index is 14.6. The summed E-state index contributed by atoms with van der Waals surface area (Å²) in [6.45, 7) is 2.42. The number of hydrogen-bond donors (Lipinski definition) is 1. The van der Waals surface area contributed by atoms with E-state index in [1.54, 1.807) is 38.4 Å². The molecule has 252 valence electrons. The molecule has 1 aliphatic carbocycles. The van der Waals surface area contributed by atoms with Crippen LogP contribution in [-0.4, -0.2) is 44.6 Å². The van der Waals surface area contributed by atoms with E-state index in [0.717, 1.165) is 74.3 Å². The third-order valence-corrected chi connectivity index (χ3v) is 11.3. The van der Waals surface area contributed by atoms with Crippen LogP contribution in [0.5, 0.6) is 5.75 Å². The molecule has 0 saturated carbocycles. The van der Waals surface area contributed by atoms with Crippen molar-refractivity contribution in [1.29, 1.82) is 0 Å². The minimum atomic E-state index is -0.338. The van der Waals surface area contributed by atoms with Gasteiger partial charge in [0.15, 0.2) is 0 Å². The lowest BCUT2D eigenvalue weighted by Crippen LogP contribution is -2.22. The van der Waals surface area contributed by atoms with E-state index in [1.807, 2.05) is 11.0 Å². The van der Waals surface area contributed by atoms with Crippen molar-refractivity contribution < 1.29 is 22.7 Å². The third kappa shape index (κ3) is 5.03. The summed E-state index contributed by atoms with van der Waals surface area (Å²) in [7, 11) is 1.56. The molecule has 0 unspecified atom stereocenters. The van der Waals surface area contributed by atoms with Gasteiger partial charge >= 0.3 is 0 Å². The predicted molar refractivity (Wildman–Crippen MR) is 185 cm³/mol. The van der Waals surface area contributed by atoms with Crippen molar-refractivity contribution in [2.45, 2.75) is 57.5 Å². The van der Waals surface area contributed by atoms with Gasteiger partial charge in [0, 0.05) is 36.2 Å². The lowest BCUT2D eigenvalue weighted by Gasteiger charge is -2.16. The number of nitrogens with zero attached hydrogens (tertiary/aromatic N) is 5. The van der Waals surface area contributed by atoms with Gasteiger partial charge in [-0.25, -0.2) is 13.8 Å². The summed E-state index contributed by atoms with van der Waals surface area (Å²) in [4.78, 5) is 27.0.